The molecule has 1 fully saturated rings. The fourth-order valence-corrected chi connectivity index (χ4v) is 2.77. The van der Waals surface area contributed by atoms with Crippen LogP contribution in [0.5, 0.6) is 0 Å². The summed E-state index contributed by atoms with van der Waals surface area (Å²) in [6.45, 7) is 3.41. The molecule has 0 aliphatic carbocycles. The van der Waals surface area contributed by atoms with Crippen LogP contribution >= 0.6 is 11.6 Å². The maximum atomic E-state index is 11.3. The van der Waals surface area contributed by atoms with E-state index in [-0.39, 0.29) is 10.6 Å². The van der Waals surface area contributed by atoms with Crippen molar-refractivity contribution in [3.63, 3.8) is 0 Å². The van der Waals surface area contributed by atoms with Gasteiger partial charge in [-0.15, -0.1) is 0 Å². The van der Waals surface area contributed by atoms with Crippen molar-refractivity contribution in [3.05, 3.63) is 63.2 Å². The minimum absolute atomic E-state index is 0.0703. The van der Waals surface area contributed by atoms with Gasteiger partial charge >= 0.3 is 0 Å². The predicted molar refractivity (Wildman–Crippen MR) is 94.9 cm³/mol. The molecule has 126 valence electrons. The molecule has 3 rings (SSSR count). The summed E-state index contributed by atoms with van der Waals surface area (Å²) in [6.07, 6.45) is 0. The maximum Gasteiger partial charge on any atom is 0.292 e. The number of benzene rings is 2. The summed E-state index contributed by atoms with van der Waals surface area (Å²) in [5.41, 5.74) is 2.55. The van der Waals surface area contributed by atoms with Gasteiger partial charge in [-0.2, -0.15) is 0 Å². The molecule has 7 heteroatoms. The van der Waals surface area contributed by atoms with Gasteiger partial charge in [-0.3, -0.25) is 10.1 Å². The minimum atomic E-state index is -0.368. The first kappa shape index (κ1) is 16.5. The molecule has 6 nitrogen and oxygen atoms in total. The average molecular weight is 348 g/mol. The summed E-state index contributed by atoms with van der Waals surface area (Å²) in [6, 6.07) is 12.6. The van der Waals surface area contributed by atoms with Crippen LogP contribution in [0.4, 0.5) is 17.1 Å². The second-order valence-corrected chi connectivity index (χ2v) is 5.97. The molecule has 0 radical (unpaired) electrons. The van der Waals surface area contributed by atoms with Gasteiger partial charge in [-0.25, -0.2) is 0 Å². The van der Waals surface area contributed by atoms with E-state index in [1.165, 1.54) is 0 Å². The van der Waals surface area contributed by atoms with Gasteiger partial charge in [0, 0.05) is 36.4 Å². The van der Waals surface area contributed by atoms with Gasteiger partial charge in [-0.05, 0) is 29.8 Å². The summed E-state index contributed by atoms with van der Waals surface area (Å²) in [4.78, 5) is 13.1. The standard InChI is InChI=1S/C17H18ClN3O3/c18-14-3-1-13(2-4-14)12-19-16-11-15(5-6-17(16)21(22)23)20-7-9-24-10-8-20/h1-6,11,19H,7-10,12H2. The summed E-state index contributed by atoms with van der Waals surface area (Å²) in [5.74, 6) is 0. The quantitative estimate of drug-likeness (QED) is 0.660. The number of rotatable bonds is 5. The number of halogens is 1. The maximum absolute atomic E-state index is 11.3. The molecule has 2 aromatic carbocycles. The minimum Gasteiger partial charge on any atom is -0.378 e. The molecule has 2 aromatic rings. The molecular weight excluding hydrogens is 330 g/mol. The first-order valence-corrected chi connectivity index (χ1v) is 8.11. The number of nitrogens with one attached hydrogen (secondary N) is 1. The number of hydrogen-bond acceptors (Lipinski definition) is 5. The van der Waals surface area contributed by atoms with Gasteiger partial charge in [0.05, 0.1) is 18.1 Å². The summed E-state index contributed by atoms with van der Waals surface area (Å²) < 4.78 is 5.35. The van der Waals surface area contributed by atoms with Crippen molar-refractivity contribution in [1.82, 2.24) is 0 Å². The van der Waals surface area contributed by atoms with E-state index in [4.69, 9.17) is 16.3 Å². The first-order chi connectivity index (χ1) is 11.6. The lowest BCUT2D eigenvalue weighted by molar-refractivity contribution is -0.384. The van der Waals surface area contributed by atoms with Crippen LogP contribution in [-0.4, -0.2) is 31.2 Å². The van der Waals surface area contributed by atoms with Crippen molar-refractivity contribution in [2.24, 2.45) is 0 Å². The van der Waals surface area contributed by atoms with E-state index in [1.54, 1.807) is 24.3 Å². The molecule has 0 bridgehead atoms. The summed E-state index contributed by atoms with van der Waals surface area (Å²) in [5, 5.41) is 15.1. The molecule has 0 saturated carbocycles. The second kappa shape index (κ2) is 7.51. The van der Waals surface area contributed by atoms with Crippen LogP contribution in [0.2, 0.25) is 5.02 Å². The highest BCUT2D eigenvalue weighted by Crippen LogP contribution is 2.30. The van der Waals surface area contributed by atoms with Crippen LogP contribution < -0.4 is 10.2 Å². The molecule has 0 atom stereocenters. The number of anilines is 2. The largest absolute Gasteiger partial charge is 0.378 e. The molecule has 24 heavy (non-hydrogen) atoms. The summed E-state index contributed by atoms with van der Waals surface area (Å²) >= 11 is 5.88. The molecule has 0 amide bonds. The van der Waals surface area contributed by atoms with Crippen LogP contribution in [0.15, 0.2) is 42.5 Å². The van der Waals surface area contributed by atoms with Crippen molar-refractivity contribution < 1.29 is 9.66 Å². The number of ether oxygens (including phenoxy) is 1. The molecule has 0 aromatic heterocycles. The highest BCUT2D eigenvalue weighted by atomic mass is 35.5. The van der Waals surface area contributed by atoms with Crippen molar-refractivity contribution >= 4 is 28.7 Å². The number of hydrogen-bond donors (Lipinski definition) is 1. The molecular formula is C17H18ClN3O3. The zero-order chi connectivity index (χ0) is 16.9. The number of nitro benzene ring substituents is 1. The Kier molecular flexibility index (Phi) is 5.17. The molecule has 0 unspecified atom stereocenters. The molecule has 1 saturated heterocycles. The van der Waals surface area contributed by atoms with E-state index in [9.17, 15) is 10.1 Å². The van der Waals surface area contributed by atoms with Crippen molar-refractivity contribution in [2.45, 2.75) is 6.54 Å². The lowest BCUT2D eigenvalue weighted by atomic mass is 10.2. The number of morpholine rings is 1. The Morgan fingerprint density at radius 1 is 1.17 bits per heavy atom. The molecule has 1 aliphatic heterocycles. The molecule has 0 spiro atoms. The monoisotopic (exact) mass is 347 g/mol. The predicted octanol–water partition coefficient (Wildman–Crippen LogP) is 3.70. The lowest BCUT2D eigenvalue weighted by Crippen LogP contribution is -2.36. The Bertz CT molecular complexity index is 716. The lowest BCUT2D eigenvalue weighted by Gasteiger charge is -2.29. The third-order valence-electron chi connectivity index (χ3n) is 3.95. The van der Waals surface area contributed by atoms with Crippen LogP contribution in [-0.2, 0) is 11.3 Å². The molecule has 1 N–H and O–H groups in total. The van der Waals surface area contributed by atoms with Gasteiger partial charge in [-0.1, -0.05) is 23.7 Å². The second-order valence-electron chi connectivity index (χ2n) is 5.54. The van der Waals surface area contributed by atoms with Crippen LogP contribution in [0, 0.1) is 10.1 Å². The zero-order valence-corrected chi connectivity index (χ0v) is 13.8. The Hall–Kier alpha value is -2.31. The smallest absolute Gasteiger partial charge is 0.292 e. The van der Waals surface area contributed by atoms with Crippen LogP contribution in [0.3, 0.4) is 0 Å². The third-order valence-corrected chi connectivity index (χ3v) is 4.20. The van der Waals surface area contributed by atoms with Gasteiger partial charge < -0.3 is 15.0 Å². The highest BCUT2D eigenvalue weighted by molar-refractivity contribution is 6.30. The topological polar surface area (TPSA) is 67.6 Å². The van der Waals surface area contributed by atoms with Crippen molar-refractivity contribution in [3.8, 4) is 0 Å². The van der Waals surface area contributed by atoms with E-state index in [0.29, 0.717) is 30.5 Å². The van der Waals surface area contributed by atoms with E-state index >= 15 is 0 Å². The van der Waals surface area contributed by atoms with E-state index < -0.39 is 0 Å². The Labute approximate surface area is 145 Å². The number of nitrogens with zero attached hydrogens (tertiary/aromatic N) is 2. The van der Waals surface area contributed by atoms with Gasteiger partial charge in [0.2, 0.25) is 0 Å². The van der Waals surface area contributed by atoms with E-state index in [2.05, 4.69) is 10.2 Å². The Morgan fingerprint density at radius 2 is 1.88 bits per heavy atom. The Morgan fingerprint density at radius 3 is 2.54 bits per heavy atom. The van der Waals surface area contributed by atoms with Gasteiger partial charge in [0.25, 0.3) is 5.69 Å². The first-order valence-electron chi connectivity index (χ1n) is 7.73. The fourth-order valence-electron chi connectivity index (χ4n) is 2.64. The van der Waals surface area contributed by atoms with Crippen LogP contribution in [0.1, 0.15) is 5.56 Å². The molecule has 1 aliphatic rings. The van der Waals surface area contributed by atoms with E-state index in [1.807, 2.05) is 18.2 Å². The zero-order valence-electron chi connectivity index (χ0n) is 13.1. The molecule has 1 heterocycles. The van der Waals surface area contributed by atoms with Crippen molar-refractivity contribution in [2.75, 3.05) is 36.5 Å². The fraction of sp³-hybridized carbons (Fsp3) is 0.294. The normalized spacial score (nSPS) is 14.5. The average Bonchev–Trinajstić information content (AvgIpc) is 2.61. The number of nitro groups is 1. The van der Waals surface area contributed by atoms with E-state index in [0.717, 1.165) is 24.3 Å². The summed E-state index contributed by atoms with van der Waals surface area (Å²) in [7, 11) is 0. The Balaban J connectivity index is 1.80. The van der Waals surface area contributed by atoms with Gasteiger partial charge in [0.15, 0.2) is 0 Å². The van der Waals surface area contributed by atoms with Crippen LogP contribution in [0.25, 0.3) is 0 Å². The SMILES string of the molecule is O=[N+]([O-])c1ccc(N2CCOCC2)cc1NCc1ccc(Cl)cc1. The third kappa shape index (κ3) is 3.96. The van der Waals surface area contributed by atoms with Gasteiger partial charge in [0.1, 0.15) is 5.69 Å². The highest BCUT2D eigenvalue weighted by Gasteiger charge is 2.18. The van der Waals surface area contributed by atoms with Crippen molar-refractivity contribution in [1.29, 1.82) is 0 Å².